The van der Waals surface area contributed by atoms with E-state index in [4.69, 9.17) is 30.5 Å². The van der Waals surface area contributed by atoms with Crippen LogP contribution in [0.1, 0.15) is 24.1 Å². The molecule has 5 rings (SSSR count). The molecule has 3 aromatic rings. The Morgan fingerprint density at radius 1 is 1.03 bits per heavy atom. The molecule has 1 N–H and O–H groups in total. The number of nitrogens with zero attached hydrogens (tertiary/aromatic N) is 1. The molecular formula is C28H24ClNO7. The number of aliphatic hydroxyl groups excluding tert-OH is 1. The Morgan fingerprint density at radius 2 is 1.78 bits per heavy atom. The van der Waals surface area contributed by atoms with Crippen LogP contribution in [0.5, 0.6) is 23.0 Å². The molecule has 2 heterocycles. The molecule has 9 heteroatoms. The van der Waals surface area contributed by atoms with Crippen LogP contribution in [0.2, 0.25) is 5.02 Å². The van der Waals surface area contributed by atoms with Gasteiger partial charge in [-0.3, -0.25) is 14.5 Å². The number of benzene rings is 3. The predicted molar refractivity (Wildman–Crippen MR) is 138 cm³/mol. The third-order valence-corrected chi connectivity index (χ3v) is 6.50. The number of halogens is 1. The molecule has 0 spiro atoms. The number of fused-ring (bicyclic) bond motifs is 1. The number of anilines is 1. The van der Waals surface area contributed by atoms with E-state index in [1.54, 1.807) is 54.6 Å². The molecule has 1 saturated heterocycles. The molecule has 1 atom stereocenters. The van der Waals surface area contributed by atoms with Crippen LogP contribution in [0.15, 0.2) is 66.2 Å². The van der Waals surface area contributed by atoms with Crippen molar-refractivity contribution in [2.45, 2.75) is 13.0 Å². The van der Waals surface area contributed by atoms with E-state index in [0.29, 0.717) is 59.1 Å². The Morgan fingerprint density at radius 3 is 2.54 bits per heavy atom. The lowest BCUT2D eigenvalue weighted by Gasteiger charge is -2.28. The first-order valence-corrected chi connectivity index (χ1v) is 12.1. The molecule has 0 saturated carbocycles. The van der Waals surface area contributed by atoms with Crippen molar-refractivity contribution in [1.82, 2.24) is 0 Å². The normalized spacial score (nSPS) is 18.1. The Labute approximate surface area is 218 Å². The van der Waals surface area contributed by atoms with Crippen LogP contribution < -0.4 is 23.8 Å². The van der Waals surface area contributed by atoms with E-state index in [9.17, 15) is 14.7 Å². The molecule has 0 aliphatic carbocycles. The molecule has 37 heavy (non-hydrogen) atoms. The molecule has 1 unspecified atom stereocenters. The summed E-state index contributed by atoms with van der Waals surface area (Å²) in [6, 6.07) is 15.7. The minimum Gasteiger partial charge on any atom is -0.507 e. The monoisotopic (exact) mass is 521 g/mol. The van der Waals surface area contributed by atoms with Crippen LogP contribution >= 0.6 is 11.6 Å². The van der Waals surface area contributed by atoms with Gasteiger partial charge in [-0.25, -0.2) is 0 Å². The topological polar surface area (TPSA) is 94.5 Å². The van der Waals surface area contributed by atoms with Gasteiger partial charge in [-0.1, -0.05) is 29.8 Å². The molecule has 2 aliphatic heterocycles. The lowest BCUT2D eigenvalue weighted by atomic mass is 9.94. The largest absolute Gasteiger partial charge is 0.507 e. The summed E-state index contributed by atoms with van der Waals surface area (Å²) in [5.74, 6) is -0.179. The number of carbonyl (C=O) groups excluding carboxylic acids is 2. The van der Waals surface area contributed by atoms with Crippen molar-refractivity contribution >= 4 is 34.7 Å². The van der Waals surface area contributed by atoms with Crippen molar-refractivity contribution in [3.05, 3.63) is 82.4 Å². The smallest absolute Gasteiger partial charge is 0.300 e. The molecule has 1 amide bonds. The Hall–Kier alpha value is -4.17. The highest BCUT2D eigenvalue weighted by Gasteiger charge is 2.48. The first-order chi connectivity index (χ1) is 17.9. The van der Waals surface area contributed by atoms with Crippen LogP contribution in [0.4, 0.5) is 5.69 Å². The average Bonchev–Trinajstić information content (AvgIpc) is 3.19. The van der Waals surface area contributed by atoms with Crippen LogP contribution in [-0.2, 0) is 9.59 Å². The summed E-state index contributed by atoms with van der Waals surface area (Å²) in [6.45, 7) is 2.95. The second-order valence-electron chi connectivity index (χ2n) is 8.32. The zero-order chi connectivity index (χ0) is 26.1. The first-order valence-electron chi connectivity index (χ1n) is 11.7. The highest BCUT2D eigenvalue weighted by molar-refractivity contribution is 6.51. The van der Waals surface area contributed by atoms with Gasteiger partial charge in [-0.05, 0) is 43.3 Å². The SMILES string of the molecule is CCOc1cc(/C(O)=C2\C(=O)C(=O)N(c3ccc4c(c3)OCCO4)C2c2ccccc2OC)ccc1Cl. The fourth-order valence-electron chi connectivity index (χ4n) is 4.54. The summed E-state index contributed by atoms with van der Waals surface area (Å²) < 4.78 is 22.4. The van der Waals surface area contributed by atoms with Crippen molar-refractivity contribution in [1.29, 1.82) is 0 Å². The van der Waals surface area contributed by atoms with Gasteiger partial charge in [0.15, 0.2) is 11.5 Å². The Bertz CT molecular complexity index is 1420. The zero-order valence-electron chi connectivity index (χ0n) is 20.2. The van der Waals surface area contributed by atoms with Gasteiger partial charge in [-0.2, -0.15) is 0 Å². The Kier molecular flexibility index (Phi) is 6.67. The summed E-state index contributed by atoms with van der Waals surface area (Å²) >= 11 is 6.23. The number of carbonyl (C=O) groups is 2. The fraction of sp³-hybridized carbons (Fsp3) is 0.214. The van der Waals surface area contributed by atoms with Gasteiger partial charge < -0.3 is 24.1 Å². The predicted octanol–water partition coefficient (Wildman–Crippen LogP) is 5.14. The van der Waals surface area contributed by atoms with Gasteiger partial charge in [0.25, 0.3) is 11.7 Å². The van der Waals surface area contributed by atoms with Crippen molar-refractivity contribution < 1.29 is 33.6 Å². The maximum absolute atomic E-state index is 13.5. The number of Topliss-reactive ketones (excluding diaryl/α,β-unsaturated/α-hetero) is 1. The number of hydrogen-bond donors (Lipinski definition) is 1. The van der Waals surface area contributed by atoms with E-state index in [0.717, 1.165) is 0 Å². The number of hydrogen-bond acceptors (Lipinski definition) is 7. The molecule has 1 fully saturated rings. The van der Waals surface area contributed by atoms with E-state index in [-0.39, 0.29) is 16.9 Å². The van der Waals surface area contributed by atoms with E-state index >= 15 is 0 Å². The summed E-state index contributed by atoms with van der Waals surface area (Å²) in [5.41, 5.74) is 1.13. The standard InChI is InChI=1S/C28H24ClNO7/c1-3-35-22-14-16(8-10-19(22)29)26(31)24-25(18-6-4-5-7-20(18)34-2)30(28(33)27(24)32)17-9-11-21-23(15-17)37-13-12-36-21/h4-11,14-15,25,31H,3,12-13H2,1-2H3/b26-24+. The van der Waals surface area contributed by atoms with Crippen molar-refractivity contribution in [2.24, 2.45) is 0 Å². The number of para-hydroxylation sites is 1. The minimum absolute atomic E-state index is 0.0887. The van der Waals surface area contributed by atoms with Gasteiger partial charge in [0.05, 0.1) is 30.4 Å². The number of rotatable bonds is 6. The maximum atomic E-state index is 13.5. The van der Waals surface area contributed by atoms with Crippen molar-refractivity contribution in [3.8, 4) is 23.0 Å². The highest BCUT2D eigenvalue weighted by Crippen LogP contribution is 2.47. The highest BCUT2D eigenvalue weighted by atomic mass is 35.5. The number of ketones is 1. The van der Waals surface area contributed by atoms with Gasteiger partial charge in [0, 0.05) is 22.9 Å². The fourth-order valence-corrected chi connectivity index (χ4v) is 4.71. The quantitative estimate of drug-likeness (QED) is 0.272. The lowest BCUT2D eigenvalue weighted by molar-refractivity contribution is -0.132. The molecule has 2 aliphatic rings. The third kappa shape index (κ3) is 4.34. The summed E-state index contributed by atoms with van der Waals surface area (Å²) in [5, 5.41) is 11.8. The number of ether oxygens (including phenoxy) is 4. The van der Waals surface area contributed by atoms with E-state index in [1.165, 1.54) is 18.1 Å². The molecule has 0 radical (unpaired) electrons. The molecule has 8 nitrogen and oxygen atoms in total. The molecule has 0 bridgehead atoms. The second-order valence-corrected chi connectivity index (χ2v) is 8.72. The van der Waals surface area contributed by atoms with E-state index < -0.39 is 17.7 Å². The minimum atomic E-state index is -0.982. The van der Waals surface area contributed by atoms with Crippen molar-refractivity contribution in [2.75, 3.05) is 31.8 Å². The van der Waals surface area contributed by atoms with Gasteiger partial charge >= 0.3 is 0 Å². The lowest BCUT2D eigenvalue weighted by Crippen LogP contribution is -2.30. The third-order valence-electron chi connectivity index (χ3n) is 6.19. The summed E-state index contributed by atoms with van der Waals surface area (Å²) in [6.07, 6.45) is 0. The van der Waals surface area contributed by atoms with Crippen LogP contribution in [0, 0.1) is 0 Å². The van der Waals surface area contributed by atoms with Gasteiger partial charge in [-0.15, -0.1) is 0 Å². The van der Waals surface area contributed by atoms with Gasteiger partial charge in [0.1, 0.15) is 30.5 Å². The van der Waals surface area contributed by atoms with Crippen LogP contribution in [-0.4, -0.2) is 43.7 Å². The molecular weight excluding hydrogens is 498 g/mol. The average molecular weight is 522 g/mol. The summed E-state index contributed by atoms with van der Waals surface area (Å²) in [4.78, 5) is 28.3. The zero-order valence-corrected chi connectivity index (χ0v) is 20.9. The molecule has 3 aromatic carbocycles. The van der Waals surface area contributed by atoms with Crippen LogP contribution in [0.25, 0.3) is 5.76 Å². The second kappa shape index (κ2) is 10.1. The number of methoxy groups -OCH3 is 1. The van der Waals surface area contributed by atoms with Gasteiger partial charge in [0.2, 0.25) is 0 Å². The van der Waals surface area contributed by atoms with E-state index in [2.05, 4.69) is 0 Å². The maximum Gasteiger partial charge on any atom is 0.300 e. The van der Waals surface area contributed by atoms with Crippen LogP contribution in [0.3, 0.4) is 0 Å². The van der Waals surface area contributed by atoms with E-state index in [1.807, 2.05) is 6.92 Å². The Balaban J connectivity index is 1.72. The van der Waals surface area contributed by atoms with Crippen molar-refractivity contribution in [3.63, 3.8) is 0 Å². The number of amides is 1. The summed E-state index contributed by atoms with van der Waals surface area (Å²) in [7, 11) is 1.50. The number of aliphatic hydroxyl groups is 1. The first kappa shape index (κ1) is 24.5. The molecule has 190 valence electrons. The molecule has 0 aromatic heterocycles.